The SMILES string of the molecule is CC=CC(=CC)C(C)C1CCC(Cc2ccc(C(=O)N3CCC4(CC3)CC(C3CC3)OC4=O)cc2)N1. The third kappa shape index (κ3) is 5.18. The highest BCUT2D eigenvalue weighted by Crippen LogP contribution is 2.49. The molecule has 1 aromatic carbocycles. The maximum atomic E-state index is 13.2. The average Bonchev–Trinajstić information content (AvgIpc) is 3.57. The van der Waals surface area contributed by atoms with Crippen molar-refractivity contribution in [2.24, 2.45) is 17.3 Å². The number of carbonyl (C=O) groups excluding carboxylic acids is 2. The molecule has 1 saturated carbocycles. The van der Waals surface area contributed by atoms with E-state index >= 15 is 0 Å². The second-order valence-electron chi connectivity index (χ2n) is 11.6. The minimum absolute atomic E-state index is 0.0169. The second kappa shape index (κ2) is 10.5. The second-order valence-corrected chi connectivity index (χ2v) is 11.6. The quantitative estimate of drug-likeness (QED) is 0.408. The van der Waals surface area contributed by atoms with E-state index in [1.54, 1.807) is 0 Å². The lowest BCUT2D eigenvalue weighted by molar-refractivity contribution is -0.151. The predicted octanol–water partition coefficient (Wildman–Crippen LogP) is 5.46. The number of ether oxygens (including phenoxy) is 1. The van der Waals surface area contributed by atoms with Gasteiger partial charge in [-0.2, -0.15) is 0 Å². The first-order valence-electron chi connectivity index (χ1n) is 14.1. The number of likely N-dealkylation sites (tertiary alicyclic amines) is 1. The maximum absolute atomic E-state index is 13.2. The molecule has 4 atom stereocenters. The number of amides is 1. The molecule has 4 aliphatic rings. The molecule has 5 nitrogen and oxygen atoms in total. The van der Waals surface area contributed by atoms with Gasteiger partial charge in [-0.3, -0.25) is 9.59 Å². The number of hydrogen-bond acceptors (Lipinski definition) is 4. The van der Waals surface area contributed by atoms with E-state index in [4.69, 9.17) is 4.74 Å². The van der Waals surface area contributed by atoms with Gasteiger partial charge in [0, 0.05) is 37.2 Å². The summed E-state index contributed by atoms with van der Waals surface area (Å²) in [5.41, 5.74) is 3.07. The van der Waals surface area contributed by atoms with E-state index < -0.39 is 0 Å². The van der Waals surface area contributed by atoms with Crippen molar-refractivity contribution in [1.82, 2.24) is 10.2 Å². The Morgan fingerprint density at radius 3 is 2.50 bits per heavy atom. The van der Waals surface area contributed by atoms with Crippen LogP contribution in [0.2, 0.25) is 0 Å². The zero-order chi connectivity index (χ0) is 25.3. The Morgan fingerprint density at radius 1 is 1.14 bits per heavy atom. The van der Waals surface area contributed by atoms with Crippen molar-refractivity contribution in [3.63, 3.8) is 0 Å². The first kappa shape index (κ1) is 25.3. The smallest absolute Gasteiger partial charge is 0.312 e. The zero-order valence-electron chi connectivity index (χ0n) is 22.2. The fourth-order valence-corrected chi connectivity index (χ4v) is 6.64. The number of esters is 1. The van der Waals surface area contributed by atoms with Crippen molar-refractivity contribution in [3.05, 3.63) is 59.2 Å². The van der Waals surface area contributed by atoms with Crippen molar-refractivity contribution in [2.45, 2.75) is 90.3 Å². The Bertz CT molecular complexity index is 1010. The number of carbonyl (C=O) groups is 2. The fraction of sp³-hybridized carbons (Fsp3) is 0.613. The Kier molecular flexibility index (Phi) is 7.39. The van der Waals surface area contributed by atoms with Crippen LogP contribution in [0.15, 0.2) is 48.1 Å². The summed E-state index contributed by atoms with van der Waals surface area (Å²) in [5.74, 6) is 1.16. The number of nitrogens with zero attached hydrogens (tertiary/aromatic N) is 1. The summed E-state index contributed by atoms with van der Waals surface area (Å²) in [7, 11) is 0. The van der Waals surface area contributed by atoms with Crippen molar-refractivity contribution in [1.29, 1.82) is 0 Å². The first-order valence-corrected chi connectivity index (χ1v) is 14.1. The third-order valence-electron chi connectivity index (χ3n) is 9.22. The van der Waals surface area contributed by atoms with Gasteiger partial charge in [0.15, 0.2) is 0 Å². The molecular weight excluding hydrogens is 448 g/mol. The highest BCUT2D eigenvalue weighted by atomic mass is 16.6. The number of allylic oxidation sites excluding steroid dienone is 3. The van der Waals surface area contributed by atoms with Crippen molar-refractivity contribution in [2.75, 3.05) is 13.1 Å². The molecule has 5 heteroatoms. The van der Waals surface area contributed by atoms with Crippen molar-refractivity contribution < 1.29 is 14.3 Å². The van der Waals surface area contributed by atoms with Crippen LogP contribution in [-0.4, -0.2) is 48.1 Å². The molecule has 0 aromatic heterocycles. The van der Waals surface area contributed by atoms with Crippen molar-refractivity contribution >= 4 is 11.9 Å². The Morgan fingerprint density at radius 2 is 1.86 bits per heavy atom. The lowest BCUT2D eigenvalue weighted by atomic mass is 9.75. The summed E-state index contributed by atoms with van der Waals surface area (Å²) < 4.78 is 5.72. The molecule has 5 rings (SSSR count). The number of rotatable bonds is 7. The van der Waals surface area contributed by atoms with Crippen LogP contribution in [0.1, 0.15) is 81.6 Å². The van der Waals surface area contributed by atoms with Gasteiger partial charge in [-0.05, 0) is 93.9 Å². The lowest BCUT2D eigenvalue weighted by Gasteiger charge is -2.36. The van der Waals surface area contributed by atoms with Crippen LogP contribution in [0.25, 0.3) is 0 Å². The average molecular weight is 491 g/mol. The Balaban J connectivity index is 1.12. The monoisotopic (exact) mass is 490 g/mol. The van der Waals surface area contributed by atoms with E-state index in [0.29, 0.717) is 37.0 Å². The van der Waals surface area contributed by atoms with E-state index in [1.807, 2.05) is 17.0 Å². The molecule has 1 N–H and O–H groups in total. The van der Waals surface area contributed by atoms with Crippen molar-refractivity contribution in [3.8, 4) is 0 Å². The van der Waals surface area contributed by atoms with Crippen LogP contribution in [0, 0.1) is 17.3 Å². The van der Waals surface area contributed by atoms with E-state index in [1.165, 1.54) is 36.8 Å². The first-order chi connectivity index (χ1) is 17.4. The molecule has 4 fully saturated rings. The predicted molar refractivity (Wildman–Crippen MR) is 143 cm³/mol. The molecule has 36 heavy (non-hydrogen) atoms. The van der Waals surface area contributed by atoms with Gasteiger partial charge in [0.25, 0.3) is 5.91 Å². The molecule has 4 unspecified atom stereocenters. The fourth-order valence-electron chi connectivity index (χ4n) is 6.64. The lowest BCUT2D eigenvalue weighted by Crippen LogP contribution is -2.45. The topological polar surface area (TPSA) is 58.6 Å². The molecule has 3 saturated heterocycles. The highest BCUT2D eigenvalue weighted by molar-refractivity contribution is 5.94. The van der Waals surface area contributed by atoms with Gasteiger partial charge in [0.05, 0.1) is 5.41 Å². The van der Waals surface area contributed by atoms with E-state index in [0.717, 1.165) is 31.2 Å². The molecule has 194 valence electrons. The summed E-state index contributed by atoms with van der Waals surface area (Å²) in [4.78, 5) is 27.7. The number of piperidine rings is 1. The molecule has 0 bridgehead atoms. The normalized spacial score (nSPS) is 29.2. The standard InChI is InChI=1S/C31H42N2O3/c1-4-6-23(5-2)21(3)27-14-13-26(32-27)19-22-7-9-25(10-8-22)29(34)33-17-15-31(16-18-33)20-28(24-11-12-24)36-30(31)35/h4-10,21,24,26-28,32H,11-20H2,1-3H3. The van der Waals surface area contributed by atoms with E-state index in [-0.39, 0.29) is 23.4 Å². The Labute approximate surface area is 216 Å². The molecule has 3 heterocycles. The molecule has 1 aliphatic carbocycles. The molecule has 1 amide bonds. The van der Waals surface area contributed by atoms with Crippen LogP contribution in [0.5, 0.6) is 0 Å². The summed E-state index contributed by atoms with van der Waals surface area (Å²) in [5, 5.41) is 3.86. The molecule has 3 aliphatic heterocycles. The van der Waals surface area contributed by atoms with E-state index in [9.17, 15) is 9.59 Å². The summed E-state index contributed by atoms with van der Waals surface area (Å²) >= 11 is 0. The Hall–Kier alpha value is -2.40. The molecule has 1 spiro atoms. The van der Waals surface area contributed by atoms with Crippen LogP contribution in [-0.2, 0) is 16.0 Å². The van der Waals surface area contributed by atoms with E-state index in [2.05, 4.69) is 56.4 Å². The maximum Gasteiger partial charge on any atom is 0.312 e. The van der Waals surface area contributed by atoms with Crippen LogP contribution in [0.3, 0.4) is 0 Å². The van der Waals surface area contributed by atoms with Gasteiger partial charge in [-0.1, -0.05) is 37.3 Å². The number of cyclic esters (lactones) is 1. The van der Waals surface area contributed by atoms with Gasteiger partial charge >= 0.3 is 5.97 Å². The summed E-state index contributed by atoms with van der Waals surface area (Å²) in [6.07, 6.45) is 14.8. The number of nitrogens with one attached hydrogen (secondary N) is 1. The van der Waals surface area contributed by atoms with Gasteiger partial charge in [-0.25, -0.2) is 0 Å². The van der Waals surface area contributed by atoms with Gasteiger partial charge < -0.3 is 15.0 Å². The van der Waals surface area contributed by atoms with Gasteiger partial charge in [0.1, 0.15) is 6.10 Å². The summed E-state index contributed by atoms with van der Waals surface area (Å²) in [6.45, 7) is 7.79. The van der Waals surface area contributed by atoms with Gasteiger partial charge in [0.2, 0.25) is 0 Å². The van der Waals surface area contributed by atoms with Gasteiger partial charge in [-0.15, -0.1) is 0 Å². The highest BCUT2D eigenvalue weighted by Gasteiger charge is 2.54. The summed E-state index contributed by atoms with van der Waals surface area (Å²) in [6, 6.07) is 9.18. The number of benzene rings is 1. The third-order valence-corrected chi connectivity index (χ3v) is 9.22. The zero-order valence-corrected chi connectivity index (χ0v) is 22.2. The molecular formula is C31H42N2O3. The van der Waals surface area contributed by atoms with Crippen LogP contribution < -0.4 is 5.32 Å². The minimum atomic E-state index is -0.349. The number of hydrogen-bond donors (Lipinski definition) is 1. The molecule has 0 radical (unpaired) electrons. The minimum Gasteiger partial charge on any atom is -0.462 e. The van der Waals surface area contributed by atoms with Crippen LogP contribution >= 0.6 is 0 Å². The molecule has 1 aromatic rings. The largest absolute Gasteiger partial charge is 0.462 e. The van der Waals surface area contributed by atoms with Crippen LogP contribution in [0.4, 0.5) is 0 Å².